The molecule has 2 aromatic heterocycles. The van der Waals surface area contributed by atoms with Crippen LogP contribution in [0.1, 0.15) is 45.7 Å². The highest BCUT2D eigenvalue weighted by Crippen LogP contribution is 2.28. The number of aliphatic hydroxyl groups excluding tert-OH is 2. The third kappa shape index (κ3) is 4.39. The molecule has 150 valence electrons. The monoisotopic (exact) mass is 377 g/mol. The van der Waals surface area contributed by atoms with Crippen LogP contribution in [0, 0.1) is 5.92 Å². The van der Waals surface area contributed by atoms with Gasteiger partial charge in [-0.25, -0.2) is 14.6 Å². The molecule has 0 aliphatic carbocycles. The van der Waals surface area contributed by atoms with Crippen LogP contribution in [-0.2, 0) is 17.7 Å². The molecule has 8 nitrogen and oxygen atoms in total. The second-order valence-corrected chi connectivity index (χ2v) is 7.66. The van der Waals surface area contributed by atoms with E-state index in [1.807, 2.05) is 4.68 Å². The number of ether oxygens (including phenoxy) is 1. The molecule has 2 aromatic rings. The van der Waals surface area contributed by atoms with Crippen molar-refractivity contribution >= 4 is 16.9 Å². The number of hydrogen-bond donors (Lipinski definition) is 3. The average Bonchev–Trinajstić information content (AvgIpc) is 2.99. The first kappa shape index (κ1) is 20.0. The van der Waals surface area contributed by atoms with Gasteiger partial charge in [-0.3, -0.25) is 0 Å². The zero-order valence-electron chi connectivity index (χ0n) is 16.4. The maximum atomic E-state index is 10.5. The third-order valence-corrected chi connectivity index (χ3v) is 4.98. The molecule has 1 aliphatic heterocycles. The van der Waals surface area contributed by atoms with Crippen molar-refractivity contribution in [3.8, 4) is 0 Å². The summed E-state index contributed by atoms with van der Waals surface area (Å²) in [6.45, 7) is 7.61. The molecule has 3 atom stereocenters. The number of nitrogens with one attached hydrogen (secondary N) is 1. The van der Waals surface area contributed by atoms with Crippen molar-refractivity contribution in [2.24, 2.45) is 5.92 Å². The number of unbranched alkanes of at least 4 members (excludes halogenated alkanes) is 1. The summed E-state index contributed by atoms with van der Waals surface area (Å²) in [6, 6.07) is -0.236. The van der Waals surface area contributed by atoms with Crippen LogP contribution in [0.2, 0.25) is 0 Å². The first-order valence-corrected chi connectivity index (χ1v) is 9.92. The normalized spacial score (nSPS) is 23.3. The SMILES string of the molecule is CCCCn1nc(CC(C)C)c2c(N[C@H]3CCO[C@H](CO)[C@H]3O)ncnc21. The van der Waals surface area contributed by atoms with E-state index in [1.54, 1.807) is 6.33 Å². The molecule has 3 heterocycles. The fourth-order valence-electron chi connectivity index (χ4n) is 3.55. The Labute approximate surface area is 160 Å². The summed E-state index contributed by atoms with van der Waals surface area (Å²) in [6.07, 6.45) is 3.80. The first-order valence-electron chi connectivity index (χ1n) is 9.92. The first-order chi connectivity index (χ1) is 13.0. The highest BCUT2D eigenvalue weighted by molar-refractivity contribution is 5.89. The van der Waals surface area contributed by atoms with Gasteiger partial charge in [0, 0.05) is 13.2 Å². The predicted molar refractivity (Wildman–Crippen MR) is 104 cm³/mol. The number of aryl methyl sites for hydroxylation is 1. The molecular weight excluding hydrogens is 346 g/mol. The molecule has 0 radical (unpaired) electrons. The second-order valence-electron chi connectivity index (χ2n) is 7.66. The van der Waals surface area contributed by atoms with Crippen LogP contribution in [-0.4, -0.2) is 61.4 Å². The van der Waals surface area contributed by atoms with Crippen LogP contribution < -0.4 is 5.32 Å². The minimum atomic E-state index is -0.794. The maximum absolute atomic E-state index is 10.5. The van der Waals surface area contributed by atoms with E-state index < -0.39 is 12.2 Å². The van der Waals surface area contributed by atoms with E-state index in [2.05, 4.69) is 36.1 Å². The predicted octanol–water partition coefficient (Wildman–Crippen LogP) is 1.75. The van der Waals surface area contributed by atoms with Gasteiger partial charge in [0.05, 0.1) is 23.7 Å². The van der Waals surface area contributed by atoms with Gasteiger partial charge in [0.25, 0.3) is 0 Å². The van der Waals surface area contributed by atoms with E-state index in [-0.39, 0.29) is 12.6 Å². The van der Waals surface area contributed by atoms with Crippen LogP contribution in [0.5, 0.6) is 0 Å². The minimum absolute atomic E-state index is 0.202. The lowest BCUT2D eigenvalue weighted by Gasteiger charge is -2.34. The largest absolute Gasteiger partial charge is 0.394 e. The topological polar surface area (TPSA) is 105 Å². The van der Waals surface area contributed by atoms with Gasteiger partial charge in [0.1, 0.15) is 24.4 Å². The molecule has 1 saturated heterocycles. The Balaban J connectivity index is 1.95. The number of aromatic nitrogens is 4. The number of nitrogens with zero attached hydrogens (tertiary/aromatic N) is 4. The van der Waals surface area contributed by atoms with Crippen LogP contribution in [0.3, 0.4) is 0 Å². The highest BCUT2D eigenvalue weighted by Gasteiger charge is 2.33. The molecule has 27 heavy (non-hydrogen) atoms. The lowest BCUT2D eigenvalue weighted by molar-refractivity contribution is -0.0997. The van der Waals surface area contributed by atoms with Gasteiger partial charge in [-0.15, -0.1) is 0 Å². The summed E-state index contributed by atoms with van der Waals surface area (Å²) in [7, 11) is 0. The van der Waals surface area contributed by atoms with Crippen molar-refractivity contribution in [3.63, 3.8) is 0 Å². The lowest BCUT2D eigenvalue weighted by atomic mass is 9.99. The van der Waals surface area contributed by atoms with Crippen molar-refractivity contribution in [1.82, 2.24) is 19.7 Å². The van der Waals surface area contributed by atoms with Crippen LogP contribution in [0.25, 0.3) is 11.0 Å². The molecule has 1 fully saturated rings. The fraction of sp³-hybridized carbons (Fsp3) is 0.737. The van der Waals surface area contributed by atoms with E-state index in [9.17, 15) is 10.2 Å². The highest BCUT2D eigenvalue weighted by atomic mass is 16.5. The molecule has 3 N–H and O–H groups in total. The lowest BCUT2D eigenvalue weighted by Crippen LogP contribution is -2.49. The van der Waals surface area contributed by atoms with Gasteiger partial charge >= 0.3 is 0 Å². The molecule has 0 bridgehead atoms. The van der Waals surface area contributed by atoms with E-state index in [0.717, 1.165) is 42.5 Å². The van der Waals surface area contributed by atoms with Crippen LogP contribution in [0.15, 0.2) is 6.33 Å². The van der Waals surface area contributed by atoms with Crippen molar-refractivity contribution in [1.29, 1.82) is 0 Å². The third-order valence-electron chi connectivity index (χ3n) is 4.98. The average molecular weight is 377 g/mol. The van der Waals surface area contributed by atoms with Crippen molar-refractivity contribution in [2.75, 3.05) is 18.5 Å². The van der Waals surface area contributed by atoms with Gasteiger partial charge in [-0.05, 0) is 25.2 Å². The summed E-state index contributed by atoms with van der Waals surface area (Å²) in [4.78, 5) is 8.95. The molecule has 1 aliphatic rings. The van der Waals surface area contributed by atoms with Gasteiger partial charge < -0.3 is 20.3 Å². The Kier molecular flexibility index (Phi) is 6.62. The van der Waals surface area contributed by atoms with E-state index >= 15 is 0 Å². The fourth-order valence-corrected chi connectivity index (χ4v) is 3.55. The van der Waals surface area contributed by atoms with Crippen molar-refractivity contribution in [3.05, 3.63) is 12.0 Å². The number of fused-ring (bicyclic) bond motifs is 1. The molecule has 0 spiro atoms. The van der Waals surface area contributed by atoms with E-state index in [4.69, 9.17) is 9.84 Å². The number of hydrogen-bond acceptors (Lipinski definition) is 7. The molecule has 8 heteroatoms. The Hall–Kier alpha value is -1.77. The van der Waals surface area contributed by atoms with Crippen LogP contribution >= 0.6 is 0 Å². The van der Waals surface area contributed by atoms with Gasteiger partial charge in [0.2, 0.25) is 0 Å². The zero-order valence-corrected chi connectivity index (χ0v) is 16.4. The quantitative estimate of drug-likeness (QED) is 0.643. The molecule has 0 amide bonds. The second kappa shape index (κ2) is 8.95. The van der Waals surface area contributed by atoms with Gasteiger partial charge in [-0.1, -0.05) is 27.2 Å². The van der Waals surface area contributed by atoms with Gasteiger partial charge in [0.15, 0.2) is 5.65 Å². The maximum Gasteiger partial charge on any atom is 0.163 e. The summed E-state index contributed by atoms with van der Waals surface area (Å²) >= 11 is 0. The molecular formula is C19H31N5O3. The number of rotatable bonds is 8. The van der Waals surface area contributed by atoms with Gasteiger partial charge in [-0.2, -0.15) is 5.10 Å². The number of anilines is 1. The Morgan fingerprint density at radius 1 is 1.37 bits per heavy atom. The zero-order chi connectivity index (χ0) is 19.4. The minimum Gasteiger partial charge on any atom is -0.394 e. The number of aliphatic hydroxyl groups is 2. The molecule has 3 rings (SSSR count). The van der Waals surface area contributed by atoms with Crippen LogP contribution in [0.4, 0.5) is 5.82 Å². The molecule has 0 saturated carbocycles. The Morgan fingerprint density at radius 2 is 2.19 bits per heavy atom. The Morgan fingerprint density at radius 3 is 2.89 bits per heavy atom. The smallest absolute Gasteiger partial charge is 0.163 e. The van der Waals surface area contributed by atoms with Crippen molar-refractivity contribution < 1.29 is 14.9 Å². The molecule has 0 aromatic carbocycles. The van der Waals surface area contributed by atoms with E-state index in [0.29, 0.717) is 24.8 Å². The standard InChI is InChI=1S/C19H31N5O3/c1-4-5-7-24-19-16(14(23-24)9-12(2)3)18(20-11-21-19)22-13-6-8-27-15(10-25)17(13)26/h11-13,15,17,25-26H,4-10H2,1-3H3,(H,20,21,22)/t13-,15+,17-/m0/s1. The summed E-state index contributed by atoms with van der Waals surface area (Å²) in [5.74, 6) is 1.16. The summed E-state index contributed by atoms with van der Waals surface area (Å²) in [5.41, 5.74) is 1.82. The van der Waals surface area contributed by atoms with E-state index in [1.165, 1.54) is 0 Å². The van der Waals surface area contributed by atoms with Crippen molar-refractivity contribution in [2.45, 2.75) is 71.2 Å². The molecule has 0 unspecified atom stereocenters. The summed E-state index contributed by atoms with van der Waals surface area (Å²) in [5, 5.41) is 29.0. The Bertz CT molecular complexity index is 748. The summed E-state index contributed by atoms with van der Waals surface area (Å²) < 4.78 is 7.40.